The number of imidazole rings is 1. The van der Waals surface area contributed by atoms with Crippen LogP contribution in [0.5, 0.6) is 0 Å². The summed E-state index contributed by atoms with van der Waals surface area (Å²) in [5, 5.41) is 37.1. The van der Waals surface area contributed by atoms with Gasteiger partial charge in [-0.3, -0.25) is 9.69 Å². The monoisotopic (exact) mass is 421 g/mol. The summed E-state index contributed by atoms with van der Waals surface area (Å²) in [5.41, 5.74) is 1.02. The molecule has 2 aromatic rings. The smallest absolute Gasteiger partial charge is 0.240 e. The van der Waals surface area contributed by atoms with E-state index in [0.29, 0.717) is 35.8 Å². The van der Waals surface area contributed by atoms with E-state index < -0.39 is 48.6 Å². The van der Waals surface area contributed by atoms with Gasteiger partial charge in [-0.05, 0) is 27.3 Å². The first-order valence-electron chi connectivity index (χ1n) is 9.90. The van der Waals surface area contributed by atoms with Crippen molar-refractivity contribution in [3.63, 3.8) is 0 Å². The number of hydrogen-bond acceptors (Lipinski definition) is 10. The van der Waals surface area contributed by atoms with Gasteiger partial charge in [-0.15, -0.1) is 0 Å². The van der Waals surface area contributed by atoms with Crippen molar-refractivity contribution in [3.8, 4) is 0 Å². The number of nitrogens with zero attached hydrogens (tertiary/aromatic N) is 4. The number of fused-ring (bicyclic) bond motifs is 1. The molecule has 4 heterocycles. The van der Waals surface area contributed by atoms with E-state index in [2.05, 4.69) is 30.6 Å². The van der Waals surface area contributed by atoms with E-state index in [1.165, 1.54) is 6.33 Å². The summed E-state index contributed by atoms with van der Waals surface area (Å²) in [5.74, 6) is 0.627. The lowest BCUT2D eigenvalue weighted by Gasteiger charge is -2.42. The third kappa shape index (κ3) is 3.72. The molecule has 0 bridgehead atoms. The topological polar surface area (TPSA) is 169 Å². The van der Waals surface area contributed by atoms with Crippen molar-refractivity contribution in [1.29, 1.82) is 0 Å². The van der Waals surface area contributed by atoms with Gasteiger partial charge in [0.1, 0.15) is 35.9 Å². The van der Waals surface area contributed by atoms with Gasteiger partial charge in [-0.2, -0.15) is 0 Å². The number of carbonyl (C=O) groups excluding carboxylic acids is 1. The number of carbonyl (C=O) groups is 1. The SMILES string of the molecule is Cc1nc2ncnc(N[C@H]3O[C@@H](C)[C@H](NC(=O)[C@H]4[C@@H](O)CCN4C)[C@@H](O)[C@@H]3O)c2[nH]1. The Morgan fingerprint density at radius 3 is 2.77 bits per heavy atom. The highest BCUT2D eigenvalue weighted by atomic mass is 16.5. The van der Waals surface area contributed by atoms with Gasteiger partial charge in [-0.1, -0.05) is 0 Å². The Labute approximate surface area is 172 Å². The Kier molecular flexibility index (Phi) is 5.59. The Morgan fingerprint density at radius 2 is 2.07 bits per heavy atom. The van der Waals surface area contributed by atoms with Crippen molar-refractivity contribution in [2.75, 3.05) is 18.9 Å². The number of likely N-dealkylation sites (N-methyl/N-ethyl adjacent to an activating group) is 1. The molecule has 0 aliphatic carbocycles. The Bertz CT molecular complexity index is 913. The largest absolute Gasteiger partial charge is 0.391 e. The van der Waals surface area contributed by atoms with Crippen LogP contribution in [0.25, 0.3) is 11.2 Å². The first kappa shape index (κ1) is 20.9. The minimum absolute atomic E-state index is 0.377. The third-order valence-electron chi connectivity index (χ3n) is 5.78. The van der Waals surface area contributed by atoms with Gasteiger partial charge in [0.2, 0.25) is 5.91 Å². The quantitative estimate of drug-likeness (QED) is 0.327. The molecule has 2 saturated heterocycles. The van der Waals surface area contributed by atoms with Gasteiger partial charge in [0.05, 0.1) is 18.2 Å². The molecule has 12 nitrogen and oxygen atoms in total. The van der Waals surface area contributed by atoms with Crippen LogP contribution in [0.3, 0.4) is 0 Å². The van der Waals surface area contributed by atoms with E-state index in [0.717, 1.165) is 0 Å². The first-order chi connectivity index (χ1) is 14.3. The molecule has 2 aromatic heterocycles. The minimum Gasteiger partial charge on any atom is -0.391 e. The van der Waals surface area contributed by atoms with Gasteiger partial charge < -0.3 is 35.7 Å². The fourth-order valence-corrected chi connectivity index (χ4v) is 4.13. The summed E-state index contributed by atoms with van der Waals surface area (Å²) < 4.78 is 5.85. The van der Waals surface area contributed by atoms with Crippen LogP contribution in [-0.4, -0.2) is 102 Å². The molecule has 30 heavy (non-hydrogen) atoms. The molecule has 2 aliphatic heterocycles. The predicted octanol–water partition coefficient (Wildman–Crippen LogP) is -1.91. The second kappa shape index (κ2) is 8.04. The van der Waals surface area contributed by atoms with Crippen LogP contribution in [0, 0.1) is 6.92 Å². The van der Waals surface area contributed by atoms with E-state index in [4.69, 9.17) is 4.74 Å². The molecule has 12 heteroatoms. The zero-order valence-corrected chi connectivity index (χ0v) is 17.0. The fourth-order valence-electron chi connectivity index (χ4n) is 4.13. The highest BCUT2D eigenvalue weighted by Gasteiger charge is 2.45. The van der Waals surface area contributed by atoms with Crippen molar-refractivity contribution in [3.05, 3.63) is 12.2 Å². The highest BCUT2D eigenvalue weighted by molar-refractivity contribution is 5.83. The number of anilines is 1. The summed E-state index contributed by atoms with van der Waals surface area (Å²) in [6.07, 6.45) is -3.15. The zero-order valence-electron chi connectivity index (χ0n) is 17.0. The Hall–Kier alpha value is -2.38. The fraction of sp³-hybridized carbons (Fsp3) is 0.667. The van der Waals surface area contributed by atoms with Gasteiger partial charge in [0, 0.05) is 6.54 Å². The predicted molar refractivity (Wildman–Crippen MR) is 105 cm³/mol. The van der Waals surface area contributed by atoms with Crippen LogP contribution < -0.4 is 10.6 Å². The standard InChI is InChI=1S/C18H27N7O5/c1-7-10(23-17(29)12-9(26)4-5-25(12)3)13(27)14(28)18(30-7)24-16-11-15(19-6-20-16)22-8(2)21-11/h6-7,9-10,12-14,18,26-28H,4-5H2,1-3H3,(H,23,29)(H2,19,20,21,22,24)/t7-,9-,10-,12+,13+,14-,18-/m0/s1. The number of aromatic nitrogens is 4. The average Bonchev–Trinajstić information content (AvgIpc) is 3.24. The van der Waals surface area contributed by atoms with E-state index in [9.17, 15) is 20.1 Å². The Balaban J connectivity index is 1.46. The average molecular weight is 421 g/mol. The van der Waals surface area contributed by atoms with Crippen molar-refractivity contribution in [2.24, 2.45) is 0 Å². The molecular weight excluding hydrogens is 394 g/mol. The van der Waals surface area contributed by atoms with Gasteiger partial charge in [0.25, 0.3) is 0 Å². The number of nitrogens with one attached hydrogen (secondary N) is 3. The first-order valence-corrected chi connectivity index (χ1v) is 9.90. The number of rotatable bonds is 4. The number of aliphatic hydroxyl groups is 3. The number of amides is 1. The van der Waals surface area contributed by atoms with E-state index in [1.807, 2.05) is 0 Å². The van der Waals surface area contributed by atoms with Crippen LogP contribution >= 0.6 is 0 Å². The third-order valence-corrected chi connectivity index (χ3v) is 5.78. The van der Waals surface area contributed by atoms with E-state index in [-0.39, 0.29) is 0 Å². The summed E-state index contributed by atoms with van der Waals surface area (Å²) in [6, 6.07) is -1.54. The molecular formula is C18H27N7O5. The maximum Gasteiger partial charge on any atom is 0.240 e. The number of ether oxygens (including phenoxy) is 1. The normalized spacial score (nSPS) is 34.9. The van der Waals surface area contributed by atoms with E-state index >= 15 is 0 Å². The number of aliphatic hydroxyl groups excluding tert-OH is 3. The maximum atomic E-state index is 12.6. The zero-order chi connectivity index (χ0) is 21.6. The van der Waals surface area contributed by atoms with Gasteiger partial charge in [-0.25, -0.2) is 15.0 Å². The molecule has 0 spiro atoms. The number of hydrogen-bond donors (Lipinski definition) is 6. The van der Waals surface area contributed by atoms with Gasteiger partial charge >= 0.3 is 0 Å². The second-order valence-electron chi connectivity index (χ2n) is 7.95. The number of aromatic amines is 1. The number of aryl methyl sites for hydroxylation is 1. The lowest BCUT2D eigenvalue weighted by atomic mass is 9.95. The number of likely N-dealkylation sites (tertiary alicyclic amines) is 1. The van der Waals surface area contributed by atoms with Crippen molar-refractivity contribution < 1.29 is 24.9 Å². The molecule has 4 rings (SSSR count). The minimum atomic E-state index is -1.34. The molecule has 6 N–H and O–H groups in total. The molecule has 1 amide bonds. The van der Waals surface area contributed by atoms with Crippen LogP contribution in [0.1, 0.15) is 19.2 Å². The van der Waals surface area contributed by atoms with Crippen molar-refractivity contribution in [2.45, 2.75) is 63.0 Å². The van der Waals surface area contributed by atoms with Crippen molar-refractivity contribution >= 4 is 22.9 Å². The number of H-pyrrole nitrogens is 1. The summed E-state index contributed by atoms with van der Waals surface area (Å²) in [7, 11) is 1.76. The lowest BCUT2D eigenvalue weighted by molar-refractivity contribution is -0.173. The van der Waals surface area contributed by atoms with Crippen LogP contribution in [0.2, 0.25) is 0 Å². The molecule has 2 fully saturated rings. The summed E-state index contributed by atoms with van der Waals surface area (Å²) in [4.78, 5) is 29.9. The highest BCUT2D eigenvalue weighted by Crippen LogP contribution is 2.25. The molecule has 0 unspecified atom stereocenters. The molecule has 164 valence electrons. The Morgan fingerprint density at radius 1 is 1.30 bits per heavy atom. The molecule has 0 saturated carbocycles. The maximum absolute atomic E-state index is 12.6. The second-order valence-corrected chi connectivity index (χ2v) is 7.95. The van der Waals surface area contributed by atoms with Crippen LogP contribution in [0.15, 0.2) is 6.33 Å². The summed E-state index contributed by atoms with van der Waals surface area (Å²) in [6.45, 7) is 4.09. The molecule has 0 radical (unpaired) electrons. The van der Waals surface area contributed by atoms with Gasteiger partial charge in [0.15, 0.2) is 17.7 Å². The van der Waals surface area contributed by atoms with Crippen LogP contribution in [0.4, 0.5) is 5.82 Å². The molecule has 0 aromatic carbocycles. The lowest BCUT2D eigenvalue weighted by Crippen LogP contribution is -2.65. The molecule has 7 atom stereocenters. The van der Waals surface area contributed by atoms with Crippen LogP contribution in [-0.2, 0) is 9.53 Å². The summed E-state index contributed by atoms with van der Waals surface area (Å²) >= 11 is 0. The molecule has 2 aliphatic rings. The van der Waals surface area contributed by atoms with E-state index in [1.54, 1.807) is 25.8 Å². The van der Waals surface area contributed by atoms with Crippen molar-refractivity contribution in [1.82, 2.24) is 30.2 Å².